The molecule has 0 radical (unpaired) electrons. The Morgan fingerprint density at radius 1 is 0.523 bits per heavy atom. The summed E-state index contributed by atoms with van der Waals surface area (Å²) in [5.41, 5.74) is 5.20. The molecule has 0 bridgehead atoms. The second-order valence-electron chi connectivity index (χ2n) is 22.8. The van der Waals surface area contributed by atoms with Crippen molar-refractivity contribution in [2.24, 2.45) is 0 Å². The van der Waals surface area contributed by atoms with Gasteiger partial charge in [-0.1, -0.05) is 36.4 Å². The molecule has 6 N–H and O–H groups in total. The minimum Gasteiger partial charge on any atom is -0.393 e. The van der Waals surface area contributed by atoms with Gasteiger partial charge in [0.15, 0.2) is 0 Å². The van der Waals surface area contributed by atoms with Crippen LogP contribution in [0, 0.1) is 0 Å². The lowest BCUT2D eigenvalue weighted by Crippen LogP contribution is -2.18. The average molecular weight is 1260 g/mol. The number of halogens is 6. The van der Waals surface area contributed by atoms with Gasteiger partial charge in [0.05, 0.1) is 73.5 Å². The van der Waals surface area contributed by atoms with Crippen molar-refractivity contribution >= 4 is 73.3 Å². The molecule has 2 saturated carbocycles. The summed E-state index contributed by atoms with van der Waals surface area (Å²) in [6, 6.07) is 20.3. The maximum absolute atomic E-state index is 14.0. The molecule has 20 nitrogen and oxygen atoms in total. The summed E-state index contributed by atoms with van der Waals surface area (Å²) in [6.45, 7) is 2.23. The van der Waals surface area contributed by atoms with Crippen LogP contribution in [0.2, 0.25) is 0 Å². The summed E-state index contributed by atoms with van der Waals surface area (Å²) in [5, 5.41) is 31.3. The summed E-state index contributed by atoms with van der Waals surface area (Å²) in [4.78, 5) is 45.6. The molecule has 0 unspecified atom stereocenters. The third-order valence-electron chi connectivity index (χ3n) is 16.5. The normalized spacial score (nSPS) is 21.7. The van der Waals surface area contributed by atoms with E-state index in [1.54, 1.807) is 84.6 Å². The predicted octanol–water partition coefficient (Wildman–Crippen LogP) is 13.4. The molecule has 6 heterocycles. The van der Waals surface area contributed by atoms with Crippen LogP contribution in [0.25, 0.3) is 0 Å². The molecule has 2 saturated heterocycles. The fourth-order valence-corrected chi connectivity index (χ4v) is 15.4. The van der Waals surface area contributed by atoms with E-state index >= 15 is 0 Å². The minimum atomic E-state index is -4.75. The highest BCUT2D eigenvalue weighted by atomic mass is 31.2. The highest BCUT2D eigenvalue weighted by molar-refractivity contribution is 7.53. The minimum absolute atomic E-state index is 0.0579. The summed E-state index contributed by atoms with van der Waals surface area (Å²) in [7, 11) is -3.09. The van der Waals surface area contributed by atoms with Crippen LogP contribution in [0.15, 0.2) is 85.2 Å². The molecule has 28 heteroatoms. The summed E-state index contributed by atoms with van der Waals surface area (Å²) in [6.07, 6.45) is -1.29. The maximum atomic E-state index is 14.0. The standard InChI is InChI=1S/2C30H33F3N5O5P/c1-38-16-23-22(19-5-9-21(39)10-6-19)11-12-25(26(23)28(38)40)36-27-24(30(31,32)33)15-34-29(37-27)35-20-7-3-18(4-8-20)17-44(41)42-13-2-14-43-44;1-38-16-23-22(19-5-9-21(39)10-6-19)11-12-25(26(23)28(38)40)36-29-34-15-24(30(31,32)33)27(37-29)35-20-7-3-18(4-8-20)17-44(41)42-13-2-14-43-44/h2*3-4,7-8,11-12,15,19,21,39H,2,5-6,9-10,13-14,16-17H2,1H3,(H2,34,35,36,37). The first-order valence-electron chi connectivity index (χ1n) is 29.1. The van der Waals surface area contributed by atoms with Gasteiger partial charge in [-0.3, -0.25) is 18.7 Å². The molecule has 88 heavy (non-hydrogen) atoms. The Morgan fingerprint density at radius 2 is 0.898 bits per heavy atom. The number of nitrogens with zero attached hydrogens (tertiary/aromatic N) is 6. The van der Waals surface area contributed by atoms with Crippen LogP contribution in [0.1, 0.15) is 141 Å². The third kappa shape index (κ3) is 14.3. The van der Waals surface area contributed by atoms with Crippen molar-refractivity contribution in [1.29, 1.82) is 0 Å². The van der Waals surface area contributed by atoms with Gasteiger partial charge in [0, 0.05) is 51.0 Å². The van der Waals surface area contributed by atoms with Crippen LogP contribution in [0.3, 0.4) is 0 Å². The van der Waals surface area contributed by atoms with Crippen molar-refractivity contribution in [1.82, 2.24) is 29.7 Å². The van der Waals surface area contributed by atoms with E-state index in [-0.39, 0.29) is 65.8 Å². The lowest BCUT2D eigenvalue weighted by Gasteiger charge is -2.27. The Bertz CT molecular complexity index is 3640. The molecule has 0 spiro atoms. The van der Waals surface area contributed by atoms with E-state index in [1.807, 2.05) is 12.1 Å². The number of fused-ring (bicyclic) bond motifs is 2. The van der Waals surface area contributed by atoms with E-state index in [0.717, 1.165) is 47.9 Å². The fourth-order valence-electron chi connectivity index (χ4n) is 11.9. The molecule has 12 rings (SSSR count). The summed E-state index contributed by atoms with van der Waals surface area (Å²) < 4.78 is 131. The molecule has 4 aliphatic heterocycles. The van der Waals surface area contributed by atoms with Crippen LogP contribution in [-0.4, -0.2) is 104 Å². The van der Waals surface area contributed by atoms with Crippen LogP contribution in [-0.2, 0) is 65.0 Å². The Morgan fingerprint density at radius 3 is 1.31 bits per heavy atom. The van der Waals surface area contributed by atoms with Gasteiger partial charge in [-0.25, -0.2) is 9.97 Å². The van der Waals surface area contributed by atoms with Crippen LogP contribution in [0.4, 0.5) is 72.6 Å². The van der Waals surface area contributed by atoms with Crippen LogP contribution < -0.4 is 21.3 Å². The summed E-state index contributed by atoms with van der Waals surface area (Å²) >= 11 is 0. The van der Waals surface area contributed by atoms with Gasteiger partial charge < -0.3 is 59.4 Å². The molecule has 0 atom stereocenters. The van der Waals surface area contributed by atoms with Crippen molar-refractivity contribution in [3.8, 4) is 0 Å². The largest absolute Gasteiger partial charge is 0.421 e. The highest BCUT2D eigenvalue weighted by Gasteiger charge is 2.40. The zero-order chi connectivity index (χ0) is 62.1. The number of aliphatic hydroxyl groups excluding tert-OH is 2. The van der Waals surface area contributed by atoms with Crippen molar-refractivity contribution in [3.05, 3.63) is 141 Å². The molecular formula is C60H66F6N10O10P2. The van der Waals surface area contributed by atoms with E-state index in [4.69, 9.17) is 18.1 Å². The number of alkyl halides is 6. The molecule has 6 aromatic rings. The van der Waals surface area contributed by atoms with Gasteiger partial charge in [0.2, 0.25) is 11.9 Å². The Kier molecular flexibility index (Phi) is 18.4. The number of benzene rings is 4. The summed E-state index contributed by atoms with van der Waals surface area (Å²) in [5.74, 6) is -1.26. The maximum Gasteiger partial charge on any atom is 0.421 e. The first-order chi connectivity index (χ1) is 42.0. The first kappa shape index (κ1) is 62.6. The van der Waals surface area contributed by atoms with Crippen molar-refractivity contribution < 1.29 is 73.4 Å². The van der Waals surface area contributed by atoms with Crippen molar-refractivity contribution in [3.63, 3.8) is 0 Å². The monoisotopic (exact) mass is 1260 g/mol. The molecule has 4 aromatic carbocycles. The van der Waals surface area contributed by atoms with E-state index in [0.29, 0.717) is 130 Å². The zero-order valence-electron chi connectivity index (χ0n) is 48.1. The van der Waals surface area contributed by atoms with Gasteiger partial charge in [-0.15, -0.1) is 0 Å². The average Bonchev–Trinajstić information content (AvgIpc) is 2.08. The number of amides is 2. The zero-order valence-corrected chi connectivity index (χ0v) is 49.9. The highest BCUT2D eigenvalue weighted by Crippen LogP contribution is 2.55. The van der Waals surface area contributed by atoms with Gasteiger partial charge in [0.25, 0.3) is 11.8 Å². The number of rotatable bonds is 14. The molecule has 2 amide bonds. The molecule has 2 aliphatic carbocycles. The topological polar surface area (TPSA) is 252 Å². The molecule has 4 fully saturated rings. The van der Waals surface area contributed by atoms with Crippen LogP contribution >= 0.6 is 15.2 Å². The SMILES string of the molecule is CN1Cc2c(C3CCC(O)CC3)ccc(Nc3nc(Nc4ccc(CP5(=O)OCCCO5)cc4)ncc3C(F)(F)F)c2C1=O.CN1Cc2c(C3CCC(O)CC3)ccc(Nc3ncc(C(F)(F)F)c(Nc4ccc(CP5(=O)OCCCO5)cc4)n3)c2C1=O. The van der Waals surface area contributed by atoms with Gasteiger partial charge in [-0.2, -0.15) is 36.3 Å². The van der Waals surface area contributed by atoms with E-state index in [9.17, 15) is 55.3 Å². The number of anilines is 8. The van der Waals surface area contributed by atoms with E-state index in [1.165, 1.54) is 0 Å². The number of hydrogen-bond acceptors (Lipinski definition) is 18. The second-order valence-corrected chi connectivity index (χ2v) is 26.9. The van der Waals surface area contributed by atoms with Gasteiger partial charge in [0.1, 0.15) is 22.8 Å². The third-order valence-corrected chi connectivity index (χ3v) is 20.3. The lowest BCUT2D eigenvalue weighted by molar-refractivity contribution is -0.138. The number of nitrogens with one attached hydrogen (secondary N) is 4. The Labute approximate surface area is 503 Å². The smallest absolute Gasteiger partial charge is 0.393 e. The second kappa shape index (κ2) is 25.8. The molecule has 6 aliphatic rings. The Hall–Kier alpha value is -7.02. The van der Waals surface area contributed by atoms with E-state index < -0.39 is 50.3 Å². The van der Waals surface area contributed by atoms with Crippen molar-refractivity contribution in [2.45, 2.75) is 126 Å². The number of carbonyl (C=O) groups excluding carboxylic acids is 2. The van der Waals surface area contributed by atoms with Crippen molar-refractivity contribution in [2.75, 3.05) is 61.8 Å². The number of aliphatic hydroxyl groups is 2. The molecule has 468 valence electrons. The molecular weight excluding hydrogens is 1200 g/mol. The first-order valence-corrected chi connectivity index (χ1v) is 32.5. The van der Waals surface area contributed by atoms with Gasteiger partial charge >= 0.3 is 27.5 Å². The Balaban J connectivity index is 0.000000182. The quantitative estimate of drug-likeness (QED) is 0.0438. The van der Waals surface area contributed by atoms with E-state index in [2.05, 4.69) is 41.2 Å². The van der Waals surface area contributed by atoms with Gasteiger partial charge in [-0.05, 0) is 146 Å². The number of aromatic nitrogens is 4. The number of carbonyl (C=O) groups is 2. The predicted molar refractivity (Wildman–Crippen MR) is 315 cm³/mol. The lowest BCUT2D eigenvalue weighted by atomic mass is 9.80. The number of hydrogen-bond donors (Lipinski definition) is 6. The fraction of sp³-hybridized carbons (Fsp3) is 0.433. The molecule has 2 aromatic heterocycles. The van der Waals surface area contributed by atoms with Crippen LogP contribution in [0.5, 0.6) is 0 Å².